The molecule has 2 aromatic heterocycles. The third-order valence-corrected chi connectivity index (χ3v) is 4.52. The fourth-order valence-electron chi connectivity index (χ4n) is 2.72. The summed E-state index contributed by atoms with van der Waals surface area (Å²) in [5.41, 5.74) is 9.11. The minimum Gasteiger partial charge on any atom is -0.396 e. The molecule has 0 bridgehead atoms. The molecule has 2 aromatic carbocycles. The van der Waals surface area contributed by atoms with Crippen LogP contribution in [0.1, 0.15) is 16.1 Å². The summed E-state index contributed by atoms with van der Waals surface area (Å²) < 4.78 is 0. The van der Waals surface area contributed by atoms with Gasteiger partial charge in [0.15, 0.2) is 0 Å². The lowest BCUT2D eigenvalue weighted by Crippen LogP contribution is -2.10. The van der Waals surface area contributed by atoms with Gasteiger partial charge >= 0.3 is 0 Å². The van der Waals surface area contributed by atoms with Crippen molar-refractivity contribution in [2.45, 2.75) is 6.42 Å². The van der Waals surface area contributed by atoms with Gasteiger partial charge in [-0.15, -0.1) is 12.8 Å². The molecule has 2 heterocycles. The summed E-state index contributed by atoms with van der Waals surface area (Å²) in [6, 6.07) is 20.7. The number of nitrogens with two attached hydrogens (primary N) is 1. The van der Waals surface area contributed by atoms with E-state index in [4.69, 9.17) is 22.4 Å². The minimum atomic E-state index is -0.502. The van der Waals surface area contributed by atoms with E-state index in [2.05, 4.69) is 33.1 Å². The molecule has 1 amide bonds. The van der Waals surface area contributed by atoms with Gasteiger partial charge in [-0.05, 0) is 42.3 Å². The Morgan fingerprint density at radius 3 is 2.36 bits per heavy atom. The zero-order valence-electron chi connectivity index (χ0n) is 17.8. The molecule has 0 atom stereocenters. The van der Waals surface area contributed by atoms with Crippen LogP contribution < -0.4 is 11.1 Å². The molecule has 0 aliphatic heterocycles. The summed E-state index contributed by atoms with van der Waals surface area (Å²) in [7, 11) is 0. The number of carbonyl (C=O) groups excluding carboxylic acids is 1. The van der Waals surface area contributed by atoms with Crippen molar-refractivity contribution in [2.24, 2.45) is 5.73 Å². The van der Waals surface area contributed by atoms with Crippen LogP contribution in [0.4, 0.5) is 11.5 Å². The molecular weight excluding hydrogens is 438 g/mol. The number of H-pyrrole nitrogens is 1. The number of aliphatic hydroxyl groups is 1. The second-order valence-corrected chi connectivity index (χ2v) is 6.98. The van der Waals surface area contributed by atoms with Crippen LogP contribution in [0.15, 0.2) is 79.3 Å². The summed E-state index contributed by atoms with van der Waals surface area (Å²) in [6.07, 6.45) is 11.9. The molecule has 5 N–H and O–H groups in total. The summed E-state index contributed by atoms with van der Waals surface area (Å²) in [6.45, 7) is 0.196. The van der Waals surface area contributed by atoms with Crippen LogP contribution in [0.5, 0.6) is 0 Å². The van der Waals surface area contributed by atoms with Crippen molar-refractivity contribution < 1.29 is 9.90 Å². The number of aromatic nitrogens is 3. The first kappa shape index (κ1) is 25.1. The fraction of sp³-hybridized carbons (Fsp3) is 0.0800. The fourth-order valence-corrected chi connectivity index (χ4v) is 2.84. The average molecular weight is 462 g/mol. The van der Waals surface area contributed by atoms with Crippen molar-refractivity contribution in [3.05, 3.63) is 95.5 Å². The van der Waals surface area contributed by atoms with Crippen molar-refractivity contribution in [1.29, 1.82) is 0 Å². The predicted octanol–water partition coefficient (Wildman–Crippen LogP) is 4.44. The van der Waals surface area contributed by atoms with Crippen molar-refractivity contribution in [3.8, 4) is 24.1 Å². The van der Waals surface area contributed by atoms with Gasteiger partial charge < -0.3 is 21.1 Å². The number of aliphatic hydroxyl groups excluding tert-OH is 1. The average Bonchev–Trinajstić information content (AvgIpc) is 3.34. The van der Waals surface area contributed by atoms with Crippen molar-refractivity contribution >= 4 is 29.0 Å². The quantitative estimate of drug-likeness (QED) is 0.317. The van der Waals surface area contributed by atoms with Crippen LogP contribution in [0.2, 0.25) is 5.02 Å². The third kappa shape index (κ3) is 8.15. The maximum Gasteiger partial charge on any atom is 0.265 e. The SMILES string of the molecule is C#C.NC(=O)c1cc(-c2cc(Nc3ccccc3)ncn2)c[nH]1.OCCc1ccc(Cl)cc1. The number of anilines is 2. The molecular formula is C25H24ClN5O2. The number of aromatic amines is 1. The highest BCUT2D eigenvalue weighted by atomic mass is 35.5. The molecule has 0 fully saturated rings. The maximum absolute atomic E-state index is 11.1. The smallest absolute Gasteiger partial charge is 0.265 e. The first-order valence-electron chi connectivity index (χ1n) is 9.86. The molecule has 0 aliphatic rings. The number of rotatable bonds is 6. The molecule has 4 rings (SSSR count). The maximum atomic E-state index is 11.1. The van der Waals surface area contributed by atoms with Gasteiger partial charge in [0.25, 0.3) is 5.91 Å². The van der Waals surface area contributed by atoms with Crippen molar-refractivity contribution in [1.82, 2.24) is 15.0 Å². The molecule has 0 radical (unpaired) electrons. The lowest BCUT2D eigenvalue weighted by Gasteiger charge is -2.05. The Balaban J connectivity index is 0.000000270. The summed E-state index contributed by atoms with van der Waals surface area (Å²) in [4.78, 5) is 22.3. The number of amides is 1. The highest BCUT2D eigenvalue weighted by Gasteiger charge is 2.08. The number of carbonyl (C=O) groups is 1. The second kappa shape index (κ2) is 13.3. The Bertz CT molecular complexity index is 1160. The highest BCUT2D eigenvalue weighted by molar-refractivity contribution is 6.30. The van der Waals surface area contributed by atoms with Gasteiger partial charge in [-0.1, -0.05) is 41.9 Å². The molecule has 4 aromatic rings. The van der Waals surface area contributed by atoms with E-state index in [-0.39, 0.29) is 6.61 Å². The van der Waals surface area contributed by atoms with Gasteiger partial charge in [0.2, 0.25) is 0 Å². The molecule has 0 saturated carbocycles. The first-order chi connectivity index (χ1) is 16.0. The number of hydrogen-bond acceptors (Lipinski definition) is 5. The Morgan fingerprint density at radius 2 is 1.76 bits per heavy atom. The third-order valence-electron chi connectivity index (χ3n) is 4.27. The predicted molar refractivity (Wildman–Crippen MR) is 132 cm³/mol. The standard InChI is InChI=1S/C15H13N5O.C8H9ClO.C2H2/c16-15(21)13-6-10(8-17-13)12-7-14(19-9-18-12)20-11-4-2-1-3-5-11;9-8-3-1-7(2-4-8)5-6-10;1-2/h1-9,17H,(H2,16,21)(H,18,19,20);1-4,10H,5-6H2;1-2H. The van der Waals surface area contributed by atoms with E-state index in [9.17, 15) is 4.79 Å². The second-order valence-electron chi connectivity index (χ2n) is 6.55. The molecule has 168 valence electrons. The normalized spacial score (nSPS) is 9.58. The van der Waals surface area contributed by atoms with Crippen molar-refractivity contribution in [2.75, 3.05) is 11.9 Å². The van der Waals surface area contributed by atoms with Gasteiger partial charge in [-0.3, -0.25) is 4.79 Å². The molecule has 7 nitrogen and oxygen atoms in total. The van der Waals surface area contributed by atoms with E-state index in [1.165, 1.54) is 6.33 Å². The van der Waals surface area contributed by atoms with E-state index in [1.807, 2.05) is 54.6 Å². The van der Waals surface area contributed by atoms with E-state index in [0.717, 1.165) is 21.8 Å². The van der Waals surface area contributed by atoms with Gasteiger partial charge in [0, 0.05) is 35.1 Å². The lowest BCUT2D eigenvalue weighted by atomic mass is 10.2. The van der Waals surface area contributed by atoms with Crippen LogP contribution in [-0.4, -0.2) is 32.6 Å². The molecule has 0 spiro atoms. The zero-order valence-corrected chi connectivity index (χ0v) is 18.5. The Kier molecular flexibility index (Phi) is 10.2. The van der Waals surface area contributed by atoms with Gasteiger partial charge in [0.1, 0.15) is 17.8 Å². The Morgan fingerprint density at radius 1 is 1.06 bits per heavy atom. The number of hydrogen-bond donors (Lipinski definition) is 4. The van der Waals surface area contributed by atoms with E-state index < -0.39 is 5.91 Å². The van der Waals surface area contributed by atoms with Gasteiger partial charge in [-0.25, -0.2) is 9.97 Å². The topological polar surface area (TPSA) is 117 Å². The number of primary amides is 1. The Hall–Kier alpha value is -4.12. The van der Waals surface area contributed by atoms with Crippen LogP contribution in [0, 0.1) is 12.8 Å². The minimum absolute atomic E-state index is 0.196. The lowest BCUT2D eigenvalue weighted by molar-refractivity contribution is 0.0996. The van der Waals surface area contributed by atoms with Crippen LogP contribution in [-0.2, 0) is 6.42 Å². The number of para-hydroxylation sites is 1. The van der Waals surface area contributed by atoms with Crippen LogP contribution in [0.3, 0.4) is 0 Å². The van der Waals surface area contributed by atoms with Crippen molar-refractivity contribution in [3.63, 3.8) is 0 Å². The molecule has 8 heteroatoms. The molecule has 0 unspecified atom stereocenters. The van der Waals surface area contributed by atoms with Gasteiger partial charge in [-0.2, -0.15) is 0 Å². The molecule has 33 heavy (non-hydrogen) atoms. The first-order valence-corrected chi connectivity index (χ1v) is 10.2. The largest absolute Gasteiger partial charge is 0.396 e. The summed E-state index contributed by atoms with van der Waals surface area (Å²) in [5, 5.41) is 12.5. The number of benzene rings is 2. The Labute approximate surface area is 197 Å². The molecule has 0 aliphatic carbocycles. The summed E-state index contributed by atoms with van der Waals surface area (Å²) >= 11 is 5.65. The highest BCUT2D eigenvalue weighted by Crippen LogP contribution is 2.21. The van der Waals surface area contributed by atoms with E-state index in [1.54, 1.807) is 18.3 Å². The monoisotopic (exact) mass is 461 g/mol. The number of halogens is 1. The van der Waals surface area contributed by atoms with Gasteiger partial charge in [0.05, 0.1) is 5.69 Å². The number of nitrogens with one attached hydrogen (secondary N) is 2. The molecule has 0 saturated heterocycles. The summed E-state index contributed by atoms with van der Waals surface area (Å²) in [5.74, 6) is 0.172. The zero-order chi connectivity index (χ0) is 24.1. The van der Waals surface area contributed by atoms with E-state index >= 15 is 0 Å². The van der Waals surface area contributed by atoms with Crippen LogP contribution >= 0.6 is 11.6 Å². The number of nitrogens with zero attached hydrogens (tertiary/aromatic N) is 2. The van der Waals surface area contributed by atoms with E-state index in [0.29, 0.717) is 23.6 Å². The van der Waals surface area contributed by atoms with Crippen LogP contribution in [0.25, 0.3) is 11.3 Å². The number of terminal acetylenes is 1.